The Kier molecular flexibility index (Phi) is 20.2. The minimum atomic E-state index is 0. The van der Waals surface area contributed by atoms with Gasteiger partial charge in [0.15, 0.2) is 0 Å². The smallest absolute Gasteiger partial charge is 0.103 e. The molecule has 0 heterocycles. The Morgan fingerprint density at radius 2 is 1.23 bits per heavy atom. The van der Waals surface area contributed by atoms with Crippen LogP contribution in [0.3, 0.4) is 0 Å². The normalized spacial score (nSPS) is 9.82. The van der Waals surface area contributed by atoms with Crippen LogP contribution in [0.4, 0.5) is 0 Å². The van der Waals surface area contributed by atoms with Crippen molar-refractivity contribution in [2.75, 3.05) is 0 Å². The Bertz CT molecular complexity index is 462. The second kappa shape index (κ2) is 16.9. The molecule has 2 aromatic rings. The van der Waals surface area contributed by atoms with Crippen molar-refractivity contribution in [3.8, 4) is 0 Å². The van der Waals surface area contributed by atoms with E-state index < -0.39 is 0 Å². The maximum absolute atomic E-state index is 2.99. The predicted octanol–water partition coefficient (Wildman–Crippen LogP) is 3.86. The molecule has 0 saturated carbocycles. The molecule has 0 spiro atoms. The first-order chi connectivity index (χ1) is 8.95. The molecular formula is C19H23BrHfSi-3. The van der Waals surface area contributed by atoms with Crippen LogP contribution in [0, 0.1) is 20.9 Å². The van der Waals surface area contributed by atoms with E-state index in [1.54, 1.807) is 0 Å². The summed E-state index contributed by atoms with van der Waals surface area (Å²) in [7, 11) is 0.271. The van der Waals surface area contributed by atoms with Crippen LogP contribution in [0.1, 0.15) is 6.42 Å². The first-order valence-corrected chi connectivity index (χ1v) is 7.27. The first-order valence-electron chi connectivity index (χ1n) is 6.12. The van der Waals surface area contributed by atoms with Crippen LogP contribution in [-0.4, -0.2) is 9.52 Å². The topological polar surface area (TPSA) is 0 Å². The van der Waals surface area contributed by atoms with E-state index in [2.05, 4.69) is 72.8 Å². The van der Waals surface area contributed by atoms with Crippen molar-refractivity contribution < 1.29 is 25.8 Å². The summed E-state index contributed by atoms with van der Waals surface area (Å²) in [6.07, 6.45) is 10.0. The summed E-state index contributed by atoms with van der Waals surface area (Å²) < 4.78 is 0. The standard InChI is InChI=1S/C12H11Si.C5H5.2CH3.BrH.Hf/c1-3-7-11(8-4-1)13-12-9-5-2-6-10-12;1-2-4-5-3-1;;;;/h1-10,13H;1-3H,4H2;2*1H3;1H;/q;3*-1;;. The quantitative estimate of drug-likeness (QED) is 0.403. The van der Waals surface area contributed by atoms with Gasteiger partial charge in [0.05, 0.1) is 0 Å². The van der Waals surface area contributed by atoms with Crippen LogP contribution < -0.4 is 10.4 Å². The van der Waals surface area contributed by atoms with E-state index in [1.807, 2.05) is 12.2 Å². The van der Waals surface area contributed by atoms with Crippen molar-refractivity contribution >= 4 is 36.9 Å². The second-order valence-electron chi connectivity index (χ2n) is 3.97. The van der Waals surface area contributed by atoms with Crippen molar-refractivity contribution in [2.24, 2.45) is 0 Å². The zero-order chi connectivity index (χ0) is 12.5. The predicted molar refractivity (Wildman–Crippen MR) is 104 cm³/mol. The number of benzene rings is 2. The van der Waals surface area contributed by atoms with Crippen LogP contribution in [-0.2, 0) is 25.8 Å². The van der Waals surface area contributed by atoms with Gasteiger partial charge in [0, 0.05) is 25.8 Å². The van der Waals surface area contributed by atoms with Gasteiger partial charge in [-0.05, 0) is 0 Å². The first kappa shape index (κ1) is 26.4. The van der Waals surface area contributed by atoms with Gasteiger partial charge in [-0.25, -0.2) is 12.2 Å². The van der Waals surface area contributed by atoms with Crippen LogP contribution in [0.15, 0.2) is 78.9 Å². The van der Waals surface area contributed by atoms with E-state index in [-0.39, 0.29) is 67.2 Å². The molecule has 0 aromatic heterocycles. The minimum absolute atomic E-state index is 0. The molecule has 0 amide bonds. The summed E-state index contributed by atoms with van der Waals surface area (Å²) in [5, 5.41) is 2.90. The molecule has 3 heteroatoms. The van der Waals surface area contributed by atoms with Gasteiger partial charge in [0.1, 0.15) is 9.52 Å². The zero-order valence-corrected chi connectivity index (χ0v) is 19.7. The molecule has 0 atom stereocenters. The van der Waals surface area contributed by atoms with Gasteiger partial charge < -0.3 is 14.9 Å². The second-order valence-corrected chi connectivity index (χ2v) is 5.59. The van der Waals surface area contributed by atoms with E-state index in [4.69, 9.17) is 0 Å². The molecule has 1 aliphatic rings. The maximum atomic E-state index is 2.99. The summed E-state index contributed by atoms with van der Waals surface area (Å²) >= 11 is 0. The van der Waals surface area contributed by atoms with Gasteiger partial charge in [0.25, 0.3) is 0 Å². The van der Waals surface area contributed by atoms with Crippen molar-refractivity contribution in [1.29, 1.82) is 0 Å². The Morgan fingerprint density at radius 1 is 0.773 bits per heavy atom. The van der Waals surface area contributed by atoms with Gasteiger partial charge in [0.2, 0.25) is 0 Å². The molecule has 0 aliphatic heterocycles. The van der Waals surface area contributed by atoms with Crippen LogP contribution >= 0.6 is 17.0 Å². The molecule has 117 valence electrons. The molecule has 0 nitrogen and oxygen atoms in total. The van der Waals surface area contributed by atoms with Crippen molar-refractivity contribution in [2.45, 2.75) is 6.42 Å². The number of allylic oxidation sites excluding steroid dienone is 4. The van der Waals surface area contributed by atoms with E-state index >= 15 is 0 Å². The molecule has 0 fully saturated rings. The Morgan fingerprint density at radius 3 is 1.50 bits per heavy atom. The van der Waals surface area contributed by atoms with Gasteiger partial charge in [-0.1, -0.05) is 71.0 Å². The Labute approximate surface area is 168 Å². The fraction of sp³-hybridized carbons (Fsp3) is 0.0526. The van der Waals surface area contributed by atoms with Crippen LogP contribution in [0.25, 0.3) is 0 Å². The summed E-state index contributed by atoms with van der Waals surface area (Å²) in [4.78, 5) is 0. The number of halogens is 1. The van der Waals surface area contributed by atoms with Gasteiger partial charge in [-0.2, -0.15) is 6.08 Å². The molecule has 1 radical (unpaired) electrons. The number of hydrogen-bond acceptors (Lipinski definition) is 0. The van der Waals surface area contributed by atoms with Gasteiger partial charge in [-0.15, -0.1) is 23.4 Å². The van der Waals surface area contributed by atoms with Crippen molar-refractivity contribution in [3.63, 3.8) is 0 Å². The summed E-state index contributed by atoms with van der Waals surface area (Å²) in [5.41, 5.74) is 0. The number of rotatable bonds is 2. The Balaban J connectivity index is -0.000000351. The molecule has 0 bridgehead atoms. The average Bonchev–Trinajstić information content (AvgIpc) is 3.00. The van der Waals surface area contributed by atoms with Crippen molar-refractivity contribution in [1.82, 2.24) is 0 Å². The SMILES string of the molecule is Br.[C-]1=CC=CC1.[CH3-].[CH3-].[Hf].c1ccc([SiH]c2ccccc2)cc1. The van der Waals surface area contributed by atoms with Crippen LogP contribution in [0.2, 0.25) is 0 Å². The third kappa shape index (κ3) is 11.1. The summed E-state index contributed by atoms with van der Waals surface area (Å²) in [6.45, 7) is 0. The molecule has 0 N–H and O–H groups in total. The van der Waals surface area contributed by atoms with Gasteiger partial charge >= 0.3 is 0 Å². The number of hydrogen-bond donors (Lipinski definition) is 0. The molecule has 0 unspecified atom stereocenters. The molecule has 0 saturated heterocycles. The summed E-state index contributed by atoms with van der Waals surface area (Å²) in [6, 6.07) is 21.3. The third-order valence-electron chi connectivity index (χ3n) is 2.52. The van der Waals surface area contributed by atoms with E-state index in [0.717, 1.165) is 6.42 Å². The van der Waals surface area contributed by atoms with E-state index in [0.29, 0.717) is 0 Å². The fourth-order valence-electron chi connectivity index (χ4n) is 1.63. The molecule has 2 aromatic carbocycles. The largest absolute Gasteiger partial charge is 0.358 e. The van der Waals surface area contributed by atoms with E-state index in [1.165, 1.54) is 10.4 Å². The van der Waals surface area contributed by atoms with E-state index in [9.17, 15) is 0 Å². The van der Waals surface area contributed by atoms with Gasteiger partial charge in [-0.3, -0.25) is 6.08 Å². The minimum Gasteiger partial charge on any atom is -0.358 e. The Hall–Kier alpha value is -0.513. The summed E-state index contributed by atoms with van der Waals surface area (Å²) in [5.74, 6) is 0. The van der Waals surface area contributed by atoms with Crippen molar-refractivity contribution in [3.05, 3.63) is 99.8 Å². The molecular weight excluding hydrogens is 515 g/mol. The van der Waals surface area contributed by atoms with Crippen LogP contribution in [0.5, 0.6) is 0 Å². The molecule has 22 heavy (non-hydrogen) atoms. The molecule has 3 rings (SSSR count). The third-order valence-corrected chi connectivity index (χ3v) is 3.95. The molecule has 1 aliphatic carbocycles. The average molecular weight is 538 g/mol. The monoisotopic (exact) mass is 538 g/mol. The maximum Gasteiger partial charge on any atom is 0.103 e. The fourth-order valence-corrected chi connectivity index (χ4v) is 2.85. The zero-order valence-electron chi connectivity index (χ0n) is 13.2.